The number of carbonyl (C=O) groups excluding carboxylic acids is 1. The van der Waals surface area contributed by atoms with Gasteiger partial charge < -0.3 is 10.4 Å². The Bertz CT molecular complexity index is 708. The van der Waals surface area contributed by atoms with E-state index < -0.39 is 17.7 Å². The smallest absolute Gasteiger partial charge is 0.356 e. The van der Waals surface area contributed by atoms with Crippen molar-refractivity contribution in [1.82, 2.24) is 9.78 Å². The second kappa shape index (κ2) is 6.38. The summed E-state index contributed by atoms with van der Waals surface area (Å²) in [6, 6.07) is 5.01. The van der Waals surface area contributed by atoms with Gasteiger partial charge in [0.2, 0.25) is 0 Å². The number of hydrogen-bond donors (Lipinski definition) is 2. The number of anilines is 1. The summed E-state index contributed by atoms with van der Waals surface area (Å²) in [5.41, 5.74) is 0.854. The van der Waals surface area contributed by atoms with Gasteiger partial charge in [-0.1, -0.05) is 13.3 Å². The van der Waals surface area contributed by atoms with E-state index in [4.69, 9.17) is 0 Å². The molecular weight excluding hydrogens is 289 g/mol. The molecule has 2 aromatic rings. The predicted octanol–water partition coefficient (Wildman–Crippen LogP) is 2.46. The molecule has 0 bridgehead atoms. The summed E-state index contributed by atoms with van der Waals surface area (Å²) >= 11 is 0. The number of carbonyl (C=O) groups is 2. The van der Waals surface area contributed by atoms with Gasteiger partial charge in [-0.05, 0) is 30.7 Å². The number of nitrogens with one attached hydrogen (secondary N) is 1. The summed E-state index contributed by atoms with van der Waals surface area (Å²) in [6.45, 7) is 1.93. The molecule has 0 spiro atoms. The van der Waals surface area contributed by atoms with E-state index in [-0.39, 0.29) is 16.9 Å². The zero-order chi connectivity index (χ0) is 16.3. The maximum atomic E-state index is 12.9. The third-order valence-corrected chi connectivity index (χ3v) is 3.15. The molecular formula is C15H16FN3O3. The first kappa shape index (κ1) is 15.7. The molecule has 0 radical (unpaired) electrons. The van der Waals surface area contributed by atoms with Crippen LogP contribution < -0.4 is 5.32 Å². The quantitative estimate of drug-likeness (QED) is 0.888. The highest BCUT2D eigenvalue weighted by Gasteiger charge is 2.23. The molecule has 1 heterocycles. The van der Waals surface area contributed by atoms with E-state index in [1.54, 1.807) is 0 Å². The number of aromatic carboxylic acids is 1. The molecule has 0 aliphatic carbocycles. The number of aromatic nitrogens is 2. The summed E-state index contributed by atoms with van der Waals surface area (Å²) in [7, 11) is 1.51. The molecule has 7 heteroatoms. The van der Waals surface area contributed by atoms with Crippen molar-refractivity contribution in [3.8, 4) is 0 Å². The highest BCUT2D eigenvalue weighted by molar-refractivity contribution is 6.07. The Morgan fingerprint density at radius 1 is 1.32 bits per heavy atom. The van der Waals surface area contributed by atoms with Crippen molar-refractivity contribution < 1.29 is 19.1 Å². The van der Waals surface area contributed by atoms with Crippen molar-refractivity contribution in [2.45, 2.75) is 19.8 Å². The van der Waals surface area contributed by atoms with E-state index in [0.717, 1.165) is 6.42 Å². The van der Waals surface area contributed by atoms with Gasteiger partial charge in [0.1, 0.15) is 5.82 Å². The van der Waals surface area contributed by atoms with E-state index in [2.05, 4.69) is 10.4 Å². The van der Waals surface area contributed by atoms with Gasteiger partial charge in [-0.2, -0.15) is 5.10 Å². The first-order valence-electron chi connectivity index (χ1n) is 6.80. The molecule has 0 unspecified atom stereocenters. The SMILES string of the molecule is CCCc1nn(C)c(C(=O)O)c1NC(=O)c1ccc(F)cc1. The Labute approximate surface area is 126 Å². The van der Waals surface area contributed by atoms with Crippen LogP contribution in [0.1, 0.15) is 39.9 Å². The van der Waals surface area contributed by atoms with Gasteiger partial charge in [-0.3, -0.25) is 9.48 Å². The fourth-order valence-electron chi connectivity index (χ4n) is 2.16. The average molecular weight is 305 g/mol. The molecule has 1 aromatic heterocycles. The van der Waals surface area contributed by atoms with E-state index in [9.17, 15) is 19.1 Å². The molecule has 0 aliphatic rings. The molecule has 2 N–H and O–H groups in total. The van der Waals surface area contributed by atoms with Crippen molar-refractivity contribution in [3.63, 3.8) is 0 Å². The molecule has 6 nitrogen and oxygen atoms in total. The fourth-order valence-corrected chi connectivity index (χ4v) is 2.16. The van der Waals surface area contributed by atoms with Crippen LogP contribution in [0.25, 0.3) is 0 Å². The summed E-state index contributed by atoms with van der Waals surface area (Å²) in [4.78, 5) is 23.6. The number of amides is 1. The Hall–Kier alpha value is -2.70. The Balaban J connectivity index is 2.36. The fraction of sp³-hybridized carbons (Fsp3) is 0.267. The topological polar surface area (TPSA) is 84.2 Å². The van der Waals surface area contributed by atoms with Gasteiger partial charge in [0.15, 0.2) is 5.69 Å². The monoisotopic (exact) mass is 305 g/mol. The molecule has 0 saturated heterocycles. The average Bonchev–Trinajstić information content (AvgIpc) is 2.76. The summed E-state index contributed by atoms with van der Waals surface area (Å²) < 4.78 is 14.1. The first-order valence-corrected chi connectivity index (χ1v) is 6.80. The maximum Gasteiger partial charge on any atom is 0.356 e. The molecule has 2 rings (SSSR count). The minimum absolute atomic E-state index is 0.0843. The van der Waals surface area contributed by atoms with Gasteiger partial charge in [0, 0.05) is 12.6 Å². The number of carboxylic acids is 1. The van der Waals surface area contributed by atoms with Crippen molar-refractivity contribution in [1.29, 1.82) is 0 Å². The van der Waals surface area contributed by atoms with E-state index >= 15 is 0 Å². The largest absolute Gasteiger partial charge is 0.476 e. The molecule has 116 valence electrons. The molecule has 1 aromatic carbocycles. The van der Waals surface area contributed by atoms with Gasteiger partial charge >= 0.3 is 5.97 Å². The summed E-state index contributed by atoms with van der Waals surface area (Å²) in [5.74, 6) is -2.13. The van der Waals surface area contributed by atoms with Crippen LogP contribution >= 0.6 is 0 Å². The van der Waals surface area contributed by atoms with E-state index in [1.807, 2.05) is 6.92 Å². The molecule has 0 saturated carbocycles. The van der Waals surface area contributed by atoms with Crippen molar-refractivity contribution in [2.24, 2.45) is 7.05 Å². The van der Waals surface area contributed by atoms with Crippen LogP contribution in [0.3, 0.4) is 0 Å². The molecule has 22 heavy (non-hydrogen) atoms. The lowest BCUT2D eigenvalue weighted by atomic mass is 10.1. The van der Waals surface area contributed by atoms with Crippen molar-refractivity contribution in [2.75, 3.05) is 5.32 Å². The minimum Gasteiger partial charge on any atom is -0.476 e. The van der Waals surface area contributed by atoms with Crippen LogP contribution in [-0.4, -0.2) is 26.8 Å². The van der Waals surface area contributed by atoms with Crippen LogP contribution in [0.4, 0.5) is 10.1 Å². The molecule has 0 atom stereocenters. The predicted molar refractivity (Wildman–Crippen MR) is 78.5 cm³/mol. The van der Waals surface area contributed by atoms with Gasteiger partial charge in [0.25, 0.3) is 5.91 Å². The van der Waals surface area contributed by atoms with Crippen LogP contribution in [0.5, 0.6) is 0 Å². The number of halogens is 1. The van der Waals surface area contributed by atoms with Crippen LogP contribution in [0.2, 0.25) is 0 Å². The lowest BCUT2D eigenvalue weighted by molar-refractivity contribution is 0.0686. The van der Waals surface area contributed by atoms with E-state index in [1.165, 1.54) is 36.0 Å². The number of hydrogen-bond acceptors (Lipinski definition) is 3. The van der Waals surface area contributed by atoms with Crippen molar-refractivity contribution in [3.05, 3.63) is 47.0 Å². The zero-order valence-electron chi connectivity index (χ0n) is 12.3. The molecule has 0 aliphatic heterocycles. The van der Waals surface area contributed by atoms with Crippen LogP contribution in [-0.2, 0) is 13.5 Å². The van der Waals surface area contributed by atoms with Gasteiger partial charge in [0.05, 0.1) is 11.4 Å². The third-order valence-electron chi connectivity index (χ3n) is 3.15. The molecule has 1 amide bonds. The van der Waals surface area contributed by atoms with Crippen molar-refractivity contribution >= 4 is 17.6 Å². The Morgan fingerprint density at radius 3 is 2.50 bits per heavy atom. The second-order valence-electron chi connectivity index (χ2n) is 4.81. The Morgan fingerprint density at radius 2 is 1.95 bits per heavy atom. The number of benzene rings is 1. The molecule has 0 fully saturated rings. The number of aryl methyl sites for hydroxylation is 2. The standard InChI is InChI=1S/C15H16FN3O3/c1-3-4-11-12(13(15(21)22)19(2)18-11)17-14(20)9-5-7-10(16)8-6-9/h5-8H,3-4H2,1-2H3,(H,17,20)(H,21,22). The number of nitrogens with zero attached hydrogens (tertiary/aromatic N) is 2. The van der Waals surface area contributed by atoms with Crippen LogP contribution in [0, 0.1) is 5.82 Å². The lowest BCUT2D eigenvalue weighted by Gasteiger charge is -2.07. The normalized spacial score (nSPS) is 10.5. The minimum atomic E-state index is -1.17. The third kappa shape index (κ3) is 3.13. The van der Waals surface area contributed by atoms with Crippen LogP contribution in [0.15, 0.2) is 24.3 Å². The van der Waals surface area contributed by atoms with Gasteiger partial charge in [-0.15, -0.1) is 0 Å². The first-order chi connectivity index (χ1) is 10.4. The lowest BCUT2D eigenvalue weighted by Crippen LogP contribution is -2.16. The Kier molecular flexibility index (Phi) is 4.55. The van der Waals surface area contributed by atoms with Gasteiger partial charge in [-0.25, -0.2) is 9.18 Å². The number of carboxylic acid groups (broad SMARTS) is 1. The summed E-state index contributed by atoms with van der Waals surface area (Å²) in [6.07, 6.45) is 1.30. The summed E-state index contributed by atoms with van der Waals surface area (Å²) in [5, 5.41) is 16.0. The highest BCUT2D eigenvalue weighted by atomic mass is 19.1. The maximum absolute atomic E-state index is 12.9. The second-order valence-corrected chi connectivity index (χ2v) is 4.81. The highest BCUT2D eigenvalue weighted by Crippen LogP contribution is 2.23. The number of rotatable bonds is 5. The van der Waals surface area contributed by atoms with E-state index in [0.29, 0.717) is 12.1 Å². The zero-order valence-corrected chi connectivity index (χ0v) is 12.3.